The molecule has 1 aromatic heterocycles. The van der Waals surface area contributed by atoms with E-state index in [-0.39, 0.29) is 23.0 Å². The first-order chi connectivity index (χ1) is 9.14. The summed E-state index contributed by atoms with van der Waals surface area (Å²) < 4.78 is 13.3. The first kappa shape index (κ1) is 15.5. The van der Waals surface area contributed by atoms with E-state index < -0.39 is 0 Å². The molecule has 0 bridgehead atoms. The van der Waals surface area contributed by atoms with Crippen LogP contribution in [-0.2, 0) is 20.3 Å². The maximum atomic E-state index is 5.59. The van der Waals surface area contributed by atoms with Crippen molar-refractivity contribution >= 4 is 0 Å². The van der Waals surface area contributed by atoms with Gasteiger partial charge < -0.3 is 9.47 Å². The predicted molar refractivity (Wildman–Crippen MR) is 80.3 cm³/mol. The minimum absolute atomic E-state index is 0.0489. The molecule has 4 heteroatoms. The summed E-state index contributed by atoms with van der Waals surface area (Å²) in [6.45, 7) is 14.6. The monoisotopic (exact) mass is 280 g/mol. The number of rotatable bonds is 2. The van der Waals surface area contributed by atoms with Crippen LogP contribution in [0.3, 0.4) is 0 Å². The highest BCUT2D eigenvalue weighted by Gasteiger charge is 2.35. The lowest BCUT2D eigenvalue weighted by Gasteiger charge is -2.25. The van der Waals surface area contributed by atoms with Crippen molar-refractivity contribution in [1.29, 1.82) is 0 Å². The van der Waals surface area contributed by atoms with Crippen LogP contribution < -0.4 is 0 Å². The molecule has 20 heavy (non-hydrogen) atoms. The summed E-state index contributed by atoms with van der Waals surface area (Å²) in [5, 5.41) is 4.88. The Hall–Kier alpha value is -0.870. The maximum Gasteiger partial charge on any atom is 0.105 e. The third-order valence-corrected chi connectivity index (χ3v) is 3.89. The van der Waals surface area contributed by atoms with E-state index in [1.54, 1.807) is 7.11 Å². The van der Waals surface area contributed by atoms with E-state index in [9.17, 15) is 0 Å². The van der Waals surface area contributed by atoms with Gasteiger partial charge in [-0.15, -0.1) is 0 Å². The van der Waals surface area contributed by atoms with Gasteiger partial charge in [0.1, 0.15) is 12.1 Å². The number of ether oxygens (including phenoxy) is 2. The summed E-state index contributed by atoms with van der Waals surface area (Å²) in [7, 11) is 1.75. The van der Waals surface area contributed by atoms with Crippen molar-refractivity contribution in [2.24, 2.45) is 0 Å². The van der Waals surface area contributed by atoms with Crippen molar-refractivity contribution in [2.45, 2.75) is 64.5 Å². The number of hydrogen-bond acceptors (Lipinski definition) is 3. The lowest BCUT2D eigenvalue weighted by Crippen LogP contribution is -2.30. The molecule has 1 aliphatic rings. The highest BCUT2D eigenvalue weighted by atomic mass is 16.5. The van der Waals surface area contributed by atoms with Gasteiger partial charge >= 0.3 is 0 Å². The van der Waals surface area contributed by atoms with Crippen LogP contribution in [0, 0.1) is 0 Å². The Labute approximate surface area is 122 Å². The van der Waals surface area contributed by atoms with Gasteiger partial charge in [-0.25, -0.2) is 0 Å². The van der Waals surface area contributed by atoms with Crippen LogP contribution >= 0.6 is 0 Å². The summed E-state index contributed by atoms with van der Waals surface area (Å²) in [6, 6.07) is 2.41. The first-order valence-electron chi connectivity index (χ1n) is 7.35. The molecule has 2 heterocycles. The van der Waals surface area contributed by atoms with Crippen LogP contribution in [0.4, 0.5) is 0 Å². The molecule has 2 rings (SSSR count). The standard InChI is InChI=1S/C16H28N2O2/c1-15(2,3)13-8-14(16(4,5)6)18(17-13)11-9-20-10-12(11)19-7/h8,11-12H,9-10H2,1-7H3. The number of methoxy groups -OCH3 is 1. The molecule has 1 saturated heterocycles. The Morgan fingerprint density at radius 2 is 1.80 bits per heavy atom. The van der Waals surface area contributed by atoms with Gasteiger partial charge in [0.2, 0.25) is 0 Å². The van der Waals surface area contributed by atoms with Crippen molar-refractivity contribution in [3.05, 3.63) is 17.5 Å². The van der Waals surface area contributed by atoms with Crippen molar-refractivity contribution < 1.29 is 9.47 Å². The fraction of sp³-hybridized carbons (Fsp3) is 0.812. The van der Waals surface area contributed by atoms with Crippen LogP contribution in [0.1, 0.15) is 59.0 Å². The summed E-state index contributed by atoms with van der Waals surface area (Å²) in [5.41, 5.74) is 2.48. The fourth-order valence-corrected chi connectivity index (χ4v) is 2.55. The molecule has 0 N–H and O–H groups in total. The van der Waals surface area contributed by atoms with Gasteiger partial charge in [0.05, 0.1) is 18.9 Å². The van der Waals surface area contributed by atoms with E-state index in [0.29, 0.717) is 13.2 Å². The van der Waals surface area contributed by atoms with Gasteiger partial charge in [0.15, 0.2) is 0 Å². The molecule has 0 aliphatic carbocycles. The third kappa shape index (κ3) is 2.91. The molecule has 2 unspecified atom stereocenters. The molecule has 114 valence electrons. The lowest BCUT2D eigenvalue weighted by molar-refractivity contribution is 0.0653. The van der Waals surface area contributed by atoms with Gasteiger partial charge in [0.25, 0.3) is 0 Å². The molecule has 1 aliphatic heterocycles. The Kier molecular flexibility index (Phi) is 4.00. The SMILES string of the molecule is COC1COCC1n1nc(C(C)(C)C)cc1C(C)(C)C. The Bertz CT molecular complexity index is 466. The first-order valence-corrected chi connectivity index (χ1v) is 7.35. The zero-order chi connectivity index (χ0) is 15.1. The minimum Gasteiger partial charge on any atom is -0.377 e. The van der Waals surface area contributed by atoms with Gasteiger partial charge in [-0.05, 0) is 6.07 Å². The van der Waals surface area contributed by atoms with Crippen molar-refractivity contribution in [3.63, 3.8) is 0 Å². The minimum atomic E-state index is 0.0489. The van der Waals surface area contributed by atoms with Gasteiger partial charge in [-0.2, -0.15) is 5.10 Å². The number of nitrogens with zero attached hydrogens (tertiary/aromatic N) is 2. The Morgan fingerprint density at radius 3 is 2.30 bits per heavy atom. The summed E-state index contributed by atoms with van der Waals surface area (Å²) in [4.78, 5) is 0. The van der Waals surface area contributed by atoms with E-state index in [2.05, 4.69) is 52.3 Å². The van der Waals surface area contributed by atoms with Crippen LogP contribution in [0.5, 0.6) is 0 Å². The van der Waals surface area contributed by atoms with Crippen molar-refractivity contribution in [1.82, 2.24) is 9.78 Å². The summed E-state index contributed by atoms with van der Waals surface area (Å²) in [5.74, 6) is 0. The normalized spacial score (nSPS) is 24.4. The Morgan fingerprint density at radius 1 is 1.15 bits per heavy atom. The third-order valence-electron chi connectivity index (χ3n) is 3.89. The van der Waals surface area contributed by atoms with E-state index in [4.69, 9.17) is 14.6 Å². The molecule has 2 atom stereocenters. The van der Waals surface area contributed by atoms with Crippen molar-refractivity contribution in [2.75, 3.05) is 20.3 Å². The zero-order valence-electron chi connectivity index (χ0n) is 13.9. The van der Waals surface area contributed by atoms with Crippen LogP contribution in [0.15, 0.2) is 6.07 Å². The molecule has 0 aromatic carbocycles. The average molecular weight is 280 g/mol. The summed E-state index contributed by atoms with van der Waals surface area (Å²) >= 11 is 0. The maximum absolute atomic E-state index is 5.59. The van der Waals surface area contributed by atoms with Gasteiger partial charge in [-0.1, -0.05) is 41.5 Å². The smallest absolute Gasteiger partial charge is 0.105 e. The second kappa shape index (κ2) is 5.15. The largest absolute Gasteiger partial charge is 0.377 e. The highest BCUT2D eigenvalue weighted by molar-refractivity contribution is 5.23. The topological polar surface area (TPSA) is 36.3 Å². The number of hydrogen-bond donors (Lipinski definition) is 0. The van der Waals surface area contributed by atoms with Crippen LogP contribution in [0.2, 0.25) is 0 Å². The molecule has 0 spiro atoms. The Balaban J connectivity index is 2.48. The van der Waals surface area contributed by atoms with Crippen molar-refractivity contribution in [3.8, 4) is 0 Å². The molecular weight excluding hydrogens is 252 g/mol. The molecule has 0 radical (unpaired) electrons. The highest BCUT2D eigenvalue weighted by Crippen LogP contribution is 2.33. The molecule has 0 amide bonds. The molecule has 4 nitrogen and oxygen atoms in total. The lowest BCUT2D eigenvalue weighted by atomic mass is 9.87. The second-order valence-electron chi connectivity index (χ2n) is 7.74. The van der Waals surface area contributed by atoms with E-state index in [0.717, 1.165) is 5.69 Å². The van der Waals surface area contributed by atoms with E-state index in [1.165, 1.54) is 5.69 Å². The molecule has 1 fully saturated rings. The van der Waals surface area contributed by atoms with E-state index >= 15 is 0 Å². The quantitative estimate of drug-likeness (QED) is 0.835. The summed E-state index contributed by atoms with van der Waals surface area (Å²) in [6.07, 6.45) is 0.0869. The zero-order valence-corrected chi connectivity index (χ0v) is 13.9. The average Bonchev–Trinajstić information content (AvgIpc) is 2.93. The predicted octanol–water partition coefficient (Wildman–Crippen LogP) is 3.06. The number of aromatic nitrogens is 2. The molecule has 1 aromatic rings. The molecule has 0 saturated carbocycles. The van der Waals surface area contributed by atoms with Gasteiger partial charge in [-0.3, -0.25) is 4.68 Å². The van der Waals surface area contributed by atoms with Crippen LogP contribution in [-0.4, -0.2) is 36.2 Å². The molecular formula is C16H28N2O2. The van der Waals surface area contributed by atoms with E-state index in [1.807, 2.05) is 0 Å². The van der Waals surface area contributed by atoms with Gasteiger partial charge in [0, 0.05) is 23.6 Å². The van der Waals surface area contributed by atoms with Crippen LogP contribution in [0.25, 0.3) is 0 Å². The second-order valence-corrected chi connectivity index (χ2v) is 7.74. The fourth-order valence-electron chi connectivity index (χ4n) is 2.55.